The number of pyridine rings is 1. The van der Waals surface area contributed by atoms with Crippen LogP contribution >= 0.6 is 11.8 Å². The summed E-state index contributed by atoms with van der Waals surface area (Å²) in [7, 11) is 0. The lowest BCUT2D eigenvalue weighted by molar-refractivity contribution is 0.629. The summed E-state index contributed by atoms with van der Waals surface area (Å²) in [5.41, 5.74) is 0. The van der Waals surface area contributed by atoms with Gasteiger partial charge < -0.3 is 0 Å². The fraction of sp³-hybridized carbons (Fsp3) is 0.0909. The van der Waals surface area contributed by atoms with Crippen molar-refractivity contribution in [3.63, 3.8) is 0 Å². The third kappa shape index (κ3) is 2.03. The lowest BCUT2D eigenvalue weighted by Gasteiger charge is -2.04. The summed E-state index contributed by atoms with van der Waals surface area (Å²) in [4.78, 5) is 4.24. The average molecular weight is 246 g/mol. The lowest BCUT2D eigenvalue weighted by atomic mass is 10.2. The zero-order valence-corrected chi connectivity index (χ0v) is 9.49. The van der Waals surface area contributed by atoms with E-state index in [-0.39, 0.29) is 5.82 Å². The third-order valence-corrected chi connectivity index (χ3v) is 3.30. The topological polar surface area (TPSA) is 50.0 Å². The molecule has 2 heterocycles. The van der Waals surface area contributed by atoms with Gasteiger partial charge in [-0.25, -0.2) is 9.37 Å². The molecule has 0 saturated carbocycles. The van der Waals surface area contributed by atoms with Gasteiger partial charge in [0.25, 0.3) is 0 Å². The van der Waals surface area contributed by atoms with Crippen LogP contribution in [0, 0.1) is 5.82 Å². The van der Waals surface area contributed by atoms with Crippen LogP contribution < -0.4 is 0 Å². The van der Waals surface area contributed by atoms with E-state index in [1.54, 1.807) is 12.3 Å². The first-order chi connectivity index (χ1) is 8.33. The Morgan fingerprint density at radius 1 is 1.24 bits per heavy atom. The zero-order valence-electron chi connectivity index (χ0n) is 8.67. The van der Waals surface area contributed by atoms with Crippen molar-refractivity contribution in [1.29, 1.82) is 0 Å². The van der Waals surface area contributed by atoms with E-state index in [0.717, 1.165) is 20.8 Å². The average Bonchev–Trinajstić information content (AvgIpc) is 2.83. The molecule has 1 aliphatic rings. The Kier molecular flexibility index (Phi) is 2.56. The van der Waals surface area contributed by atoms with Crippen LogP contribution in [0.25, 0.3) is 10.8 Å². The standard InChI is InChI=1S/C11H7FN4S/c12-8-2-1-7-3-4-13-11(9(7)5-8)17-10-6-14-16-15-10/h1-5H,6H2. The van der Waals surface area contributed by atoms with Crippen molar-refractivity contribution >= 4 is 27.6 Å². The Bertz CT molecular complexity index is 638. The van der Waals surface area contributed by atoms with Crippen LogP contribution in [0.3, 0.4) is 0 Å². The molecule has 84 valence electrons. The number of halogens is 1. The van der Waals surface area contributed by atoms with Gasteiger partial charge in [0.15, 0.2) is 0 Å². The molecule has 0 radical (unpaired) electrons. The van der Waals surface area contributed by atoms with Crippen molar-refractivity contribution in [2.45, 2.75) is 5.03 Å². The minimum atomic E-state index is -0.268. The number of nitrogens with zero attached hydrogens (tertiary/aromatic N) is 4. The van der Waals surface area contributed by atoms with Gasteiger partial charge in [-0.1, -0.05) is 6.07 Å². The van der Waals surface area contributed by atoms with Gasteiger partial charge in [0.1, 0.15) is 22.4 Å². The summed E-state index contributed by atoms with van der Waals surface area (Å²) in [6.07, 6.45) is 1.70. The highest BCUT2D eigenvalue weighted by molar-refractivity contribution is 8.14. The molecule has 0 fully saturated rings. The van der Waals surface area contributed by atoms with Gasteiger partial charge in [-0.15, -0.1) is 5.10 Å². The maximum Gasteiger partial charge on any atom is 0.127 e. The Morgan fingerprint density at radius 2 is 2.18 bits per heavy atom. The monoisotopic (exact) mass is 246 g/mol. The molecule has 0 unspecified atom stereocenters. The molecule has 0 saturated heterocycles. The van der Waals surface area contributed by atoms with E-state index in [9.17, 15) is 4.39 Å². The van der Waals surface area contributed by atoms with E-state index in [0.29, 0.717) is 6.54 Å². The predicted octanol–water partition coefficient (Wildman–Crippen LogP) is 3.25. The Labute approximate surface area is 101 Å². The predicted molar refractivity (Wildman–Crippen MR) is 64.7 cm³/mol. The minimum Gasteiger partial charge on any atom is -0.249 e. The van der Waals surface area contributed by atoms with Crippen molar-refractivity contribution in [3.8, 4) is 0 Å². The molecule has 0 amide bonds. The molecular formula is C11H7FN4S. The van der Waals surface area contributed by atoms with Crippen LogP contribution in [-0.2, 0) is 0 Å². The van der Waals surface area contributed by atoms with Crippen LogP contribution in [0.1, 0.15) is 0 Å². The molecule has 0 atom stereocenters. The fourth-order valence-electron chi connectivity index (χ4n) is 1.56. The number of fused-ring (bicyclic) bond motifs is 1. The number of rotatable bonds is 1. The van der Waals surface area contributed by atoms with Gasteiger partial charge in [-0.05, 0) is 40.6 Å². The summed E-state index contributed by atoms with van der Waals surface area (Å²) in [6, 6.07) is 6.51. The van der Waals surface area contributed by atoms with E-state index in [4.69, 9.17) is 0 Å². The van der Waals surface area contributed by atoms with Gasteiger partial charge in [0.2, 0.25) is 0 Å². The molecular weight excluding hydrogens is 239 g/mol. The quantitative estimate of drug-likeness (QED) is 0.775. The molecule has 3 rings (SSSR count). The fourth-order valence-corrected chi connectivity index (χ4v) is 2.39. The summed E-state index contributed by atoms with van der Waals surface area (Å²) in [5.74, 6) is -0.268. The normalized spacial score (nSPS) is 14.3. The zero-order chi connectivity index (χ0) is 11.7. The molecule has 6 heteroatoms. The number of thioether (sulfide) groups is 1. The van der Waals surface area contributed by atoms with E-state index in [1.165, 1.54) is 23.9 Å². The van der Waals surface area contributed by atoms with Gasteiger partial charge in [0, 0.05) is 11.6 Å². The first-order valence-electron chi connectivity index (χ1n) is 4.98. The molecule has 0 spiro atoms. The second-order valence-corrected chi connectivity index (χ2v) is 4.53. The number of hydrogen-bond acceptors (Lipinski definition) is 5. The van der Waals surface area contributed by atoms with E-state index in [1.807, 2.05) is 6.07 Å². The van der Waals surface area contributed by atoms with E-state index < -0.39 is 0 Å². The van der Waals surface area contributed by atoms with Gasteiger partial charge in [0.05, 0.1) is 0 Å². The van der Waals surface area contributed by atoms with Crippen molar-refractivity contribution in [2.75, 3.05) is 6.54 Å². The van der Waals surface area contributed by atoms with Crippen molar-refractivity contribution in [2.24, 2.45) is 15.4 Å². The molecule has 0 aliphatic carbocycles. The summed E-state index contributed by atoms with van der Waals surface area (Å²) in [6.45, 7) is 0.470. The third-order valence-electron chi connectivity index (χ3n) is 2.33. The van der Waals surface area contributed by atoms with Crippen molar-refractivity contribution < 1.29 is 4.39 Å². The first-order valence-corrected chi connectivity index (χ1v) is 5.80. The molecule has 2 aromatic rings. The molecule has 1 aromatic carbocycles. The number of aromatic nitrogens is 1. The SMILES string of the molecule is Fc1ccc2ccnc(SC3=NN=NC3)c2c1. The first kappa shape index (κ1) is 10.3. The van der Waals surface area contributed by atoms with Crippen LogP contribution in [0.4, 0.5) is 4.39 Å². The highest BCUT2D eigenvalue weighted by Gasteiger charge is 2.11. The number of hydrogen-bond donors (Lipinski definition) is 0. The smallest absolute Gasteiger partial charge is 0.127 e. The van der Waals surface area contributed by atoms with Crippen LogP contribution in [0.2, 0.25) is 0 Å². The van der Waals surface area contributed by atoms with E-state index >= 15 is 0 Å². The van der Waals surface area contributed by atoms with Crippen LogP contribution in [0.15, 0.2) is 50.9 Å². The van der Waals surface area contributed by atoms with Gasteiger partial charge in [-0.3, -0.25) is 0 Å². The van der Waals surface area contributed by atoms with E-state index in [2.05, 4.69) is 20.4 Å². The Morgan fingerprint density at radius 3 is 3.00 bits per heavy atom. The van der Waals surface area contributed by atoms with Crippen molar-refractivity contribution in [3.05, 3.63) is 36.3 Å². The summed E-state index contributed by atoms with van der Waals surface area (Å²) in [5, 5.41) is 14.4. The van der Waals surface area contributed by atoms with Gasteiger partial charge in [-0.2, -0.15) is 5.11 Å². The Balaban J connectivity index is 2.06. The molecule has 17 heavy (non-hydrogen) atoms. The van der Waals surface area contributed by atoms with Crippen LogP contribution in [0.5, 0.6) is 0 Å². The minimum absolute atomic E-state index is 0.268. The van der Waals surface area contributed by atoms with Crippen molar-refractivity contribution in [1.82, 2.24) is 4.98 Å². The maximum absolute atomic E-state index is 13.2. The largest absolute Gasteiger partial charge is 0.249 e. The Hall–Kier alpha value is -1.82. The molecule has 0 N–H and O–H groups in total. The highest BCUT2D eigenvalue weighted by Crippen LogP contribution is 2.28. The lowest BCUT2D eigenvalue weighted by Crippen LogP contribution is -1.94. The molecule has 4 nitrogen and oxygen atoms in total. The highest BCUT2D eigenvalue weighted by atomic mass is 32.2. The van der Waals surface area contributed by atoms with Crippen LogP contribution in [-0.4, -0.2) is 16.6 Å². The summed E-state index contributed by atoms with van der Waals surface area (Å²) >= 11 is 1.37. The molecule has 1 aliphatic heterocycles. The van der Waals surface area contributed by atoms with Gasteiger partial charge >= 0.3 is 0 Å². The second-order valence-electron chi connectivity index (χ2n) is 3.47. The molecule has 0 bridgehead atoms. The molecule has 1 aromatic heterocycles. The second kappa shape index (κ2) is 4.21. The maximum atomic E-state index is 13.2. The summed E-state index contributed by atoms with van der Waals surface area (Å²) < 4.78 is 13.2. The number of benzene rings is 1.